The molecule has 1 fully saturated rings. The third kappa shape index (κ3) is 2.97. The quantitative estimate of drug-likeness (QED) is 0.912. The average molecular weight is 269 g/mol. The lowest BCUT2D eigenvalue weighted by molar-refractivity contribution is 0.274. The second-order valence-electron chi connectivity index (χ2n) is 5.43. The Morgan fingerprint density at radius 1 is 1.50 bits per heavy atom. The Bertz CT molecular complexity index is 424. The molecule has 2 rings (SSSR count). The molecule has 1 aromatic carbocycles. The number of halogens is 1. The molecule has 1 heterocycles. The summed E-state index contributed by atoms with van der Waals surface area (Å²) in [6.45, 7) is 6.03. The van der Waals surface area contributed by atoms with E-state index in [0.29, 0.717) is 0 Å². The number of benzene rings is 1. The van der Waals surface area contributed by atoms with Crippen molar-refractivity contribution in [2.45, 2.75) is 19.9 Å². The summed E-state index contributed by atoms with van der Waals surface area (Å²) in [5, 5.41) is 0.774. The van der Waals surface area contributed by atoms with Crippen molar-refractivity contribution in [3.63, 3.8) is 0 Å². The fourth-order valence-corrected chi connectivity index (χ4v) is 2.68. The van der Waals surface area contributed by atoms with Gasteiger partial charge in [0.1, 0.15) is 5.75 Å². The Morgan fingerprint density at radius 3 is 2.83 bits per heavy atom. The van der Waals surface area contributed by atoms with Gasteiger partial charge in [0.15, 0.2) is 0 Å². The van der Waals surface area contributed by atoms with Crippen LogP contribution in [0.3, 0.4) is 0 Å². The summed E-state index contributed by atoms with van der Waals surface area (Å²) in [5.74, 6) is 0.803. The average Bonchev–Trinajstić information content (AvgIpc) is 2.74. The van der Waals surface area contributed by atoms with E-state index >= 15 is 0 Å². The predicted molar refractivity (Wildman–Crippen MR) is 75.1 cm³/mol. The van der Waals surface area contributed by atoms with Crippen LogP contribution in [0.1, 0.15) is 18.9 Å². The standard InChI is InChI=1S/C14H21ClN2O/c1-14(9-16)5-6-17(10-14)8-11-3-4-12(18-2)7-13(11)15/h3-4,7H,5-6,8-10,16H2,1-2H3. The second kappa shape index (κ2) is 5.47. The summed E-state index contributed by atoms with van der Waals surface area (Å²) >= 11 is 6.26. The maximum Gasteiger partial charge on any atom is 0.120 e. The zero-order valence-electron chi connectivity index (χ0n) is 11.1. The maximum absolute atomic E-state index is 6.26. The third-order valence-corrected chi connectivity index (χ3v) is 4.14. The lowest BCUT2D eigenvalue weighted by Gasteiger charge is -2.23. The highest BCUT2D eigenvalue weighted by Crippen LogP contribution is 2.31. The summed E-state index contributed by atoms with van der Waals surface area (Å²) in [7, 11) is 1.65. The molecular weight excluding hydrogens is 248 g/mol. The number of nitrogens with two attached hydrogens (primary N) is 1. The maximum atomic E-state index is 6.26. The van der Waals surface area contributed by atoms with Crippen LogP contribution in [0.25, 0.3) is 0 Å². The van der Waals surface area contributed by atoms with Crippen LogP contribution in [-0.2, 0) is 6.54 Å². The van der Waals surface area contributed by atoms with Gasteiger partial charge in [0.25, 0.3) is 0 Å². The van der Waals surface area contributed by atoms with Crippen LogP contribution in [0.4, 0.5) is 0 Å². The van der Waals surface area contributed by atoms with E-state index in [1.165, 1.54) is 0 Å². The monoisotopic (exact) mass is 268 g/mol. The second-order valence-corrected chi connectivity index (χ2v) is 5.84. The number of methoxy groups -OCH3 is 1. The summed E-state index contributed by atoms with van der Waals surface area (Å²) in [5.41, 5.74) is 7.24. The molecule has 0 amide bonds. The number of hydrogen-bond acceptors (Lipinski definition) is 3. The SMILES string of the molecule is COc1ccc(CN2CCC(C)(CN)C2)c(Cl)c1. The van der Waals surface area contributed by atoms with Crippen molar-refractivity contribution in [3.05, 3.63) is 28.8 Å². The van der Waals surface area contributed by atoms with E-state index in [-0.39, 0.29) is 5.41 Å². The van der Waals surface area contributed by atoms with Crippen LogP contribution in [0.15, 0.2) is 18.2 Å². The molecular formula is C14H21ClN2O. The van der Waals surface area contributed by atoms with Gasteiger partial charge in [-0.25, -0.2) is 0 Å². The normalized spacial score (nSPS) is 24.4. The number of hydrogen-bond donors (Lipinski definition) is 1. The first-order chi connectivity index (χ1) is 8.56. The molecule has 0 bridgehead atoms. The van der Waals surface area contributed by atoms with Crippen molar-refractivity contribution in [1.82, 2.24) is 4.90 Å². The molecule has 1 aromatic rings. The highest BCUT2D eigenvalue weighted by molar-refractivity contribution is 6.31. The molecule has 1 unspecified atom stereocenters. The van der Waals surface area contributed by atoms with Crippen LogP contribution in [0, 0.1) is 5.41 Å². The van der Waals surface area contributed by atoms with Crippen molar-refractivity contribution in [1.29, 1.82) is 0 Å². The Hall–Kier alpha value is -0.770. The molecule has 0 saturated carbocycles. The van der Waals surface area contributed by atoms with Crippen LogP contribution in [0.5, 0.6) is 5.75 Å². The molecule has 4 heteroatoms. The Balaban J connectivity index is 2.02. The van der Waals surface area contributed by atoms with E-state index in [1.807, 2.05) is 18.2 Å². The highest BCUT2D eigenvalue weighted by atomic mass is 35.5. The lowest BCUT2D eigenvalue weighted by atomic mass is 9.90. The van der Waals surface area contributed by atoms with E-state index in [2.05, 4.69) is 11.8 Å². The number of likely N-dealkylation sites (tertiary alicyclic amines) is 1. The molecule has 1 atom stereocenters. The van der Waals surface area contributed by atoms with E-state index in [4.69, 9.17) is 22.1 Å². The van der Waals surface area contributed by atoms with E-state index in [1.54, 1.807) is 7.11 Å². The van der Waals surface area contributed by atoms with E-state index in [9.17, 15) is 0 Å². The molecule has 18 heavy (non-hydrogen) atoms. The van der Waals surface area contributed by atoms with Crippen LogP contribution < -0.4 is 10.5 Å². The van der Waals surface area contributed by atoms with Gasteiger partial charge in [-0.15, -0.1) is 0 Å². The summed E-state index contributed by atoms with van der Waals surface area (Å²) in [6, 6.07) is 5.87. The Morgan fingerprint density at radius 2 is 2.28 bits per heavy atom. The molecule has 0 spiro atoms. The van der Waals surface area contributed by atoms with Gasteiger partial charge in [0.2, 0.25) is 0 Å². The number of ether oxygens (including phenoxy) is 1. The van der Waals surface area contributed by atoms with Gasteiger partial charge >= 0.3 is 0 Å². The van der Waals surface area contributed by atoms with Crippen molar-refractivity contribution >= 4 is 11.6 Å². The first kappa shape index (κ1) is 13.7. The molecule has 3 nitrogen and oxygen atoms in total. The first-order valence-electron chi connectivity index (χ1n) is 6.31. The molecule has 1 saturated heterocycles. The Kier molecular flexibility index (Phi) is 4.15. The minimum absolute atomic E-state index is 0.263. The van der Waals surface area contributed by atoms with Crippen molar-refractivity contribution in [3.8, 4) is 5.75 Å². The minimum Gasteiger partial charge on any atom is -0.497 e. The van der Waals surface area contributed by atoms with Gasteiger partial charge in [0.05, 0.1) is 7.11 Å². The third-order valence-electron chi connectivity index (χ3n) is 3.78. The van der Waals surface area contributed by atoms with Gasteiger partial charge in [-0.3, -0.25) is 4.90 Å². The summed E-state index contributed by atoms with van der Waals surface area (Å²) in [6.07, 6.45) is 1.16. The van der Waals surface area contributed by atoms with Crippen molar-refractivity contribution in [2.75, 3.05) is 26.7 Å². The first-order valence-corrected chi connectivity index (χ1v) is 6.69. The van der Waals surface area contributed by atoms with E-state index < -0.39 is 0 Å². The molecule has 2 N–H and O–H groups in total. The fraction of sp³-hybridized carbons (Fsp3) is 0.571. The molecule has 1 aliphatic rings. The van der Waals surface area contributed by atoms with Gasteiger partial charge in [0, 0.05) is 18.1 Å². The molecule has 1 aliphatic heterocycles. The Labute approximate surface area is 114 Å². The van der Waals surface area contributed by atoms with Crippen LogP contribution in [-0.4, -0.2) is 31.6 Å². The smallest absolute Gasteiger partial charge is 0.120 e. The predicted octanol–water partition coefficient (Wildman–Crippen LogP) is 2.52. The highest BCUT2D eigenvalue weighted by Gasteiger charge is 2.32. The summed E-state index contributed by atoms with van der Waals surface area (Å²) < 4.78 is 5.16. The topological polar surface area (TPSA) is 38.5 Å². The van der Waals surface area contributed by atoms with Gasteiger partial charge in [-0.1, -0.05) is 24.6 Å². The minimum atomic E-state index is 0.263. The number of rotatable bonds is 4. The number of nitrogens with zero attached hydrogens (tertiary/aromatic N) is 1. The van der Waals surface area contributed by atoms with Gasteiger partial charge in [-0.05, 0) is 42.6 Å². The van der Waals surface area contributed by atoms with Crippen LogP contribution >= 0.6 is 11.6 Å². The molecule has 0 radical (unpaired) electrons. The van der Waals surface area contributed by atoms with Crippen molar-refractivity contribution < 1.29 is 4.74 Å². The van der Waals surface area contributed by atoms with Crippen LogP contribution in [0.2, 0.25) is 5.02 Å². The largest absolute Gasteiger partial charge is 0.497 e. The van der Waals surface area contributed by atoms with Crippen molar-refractivity contribution in [2.24, 2.45) is 11.1 Å². The van der Waals surface area contributed by atoms with E-state index in [0.717, 1.165) is 48.9 Å². The fourth-order valence-electron chi connectivity index (χ4n) is 2.45. The molecule has 0 aromatic heterocycles. The zero-order chi connectivity index (χ0) is 13.2. The van der Waals surface area contributed by atoms with Gasteiger partial charge < -0.3 is 10.5 Å². The zero-order valence-corrected chi connectivity index (χ0v) is 11.8. The molecule has 100 valence electrons. The summed E-state index contributed by atoms with van der Waals surface area (Å²) in [4.78, 5) is 2.42. The molecule has 0 aliphatic carbocycles. The lowest BCUT2D eigenvalue weighted by Crippen LogP contribution is -2.31. The van der Waals surface area contributed by atoms with Gasteiger partial charge in [-0.2, -0.15) is 0 Å².